The largest absolute Gasteiger partial charge is 0.356 e. The Kier molecular flexibility index (Phi) is 4.15. The standard InChI is InChI=1S/C24H29N3O3/c1-5-27-13-22(2,3)24(23(4,14-27)30-24)17-6-8-19-15(11-17)10-16(12-25-19)18-7-9-20(28)26-21(18)29/h6,8,10-12,18H,5,7,9,13-14H2,1-4H3,(H,26,28,29). The third-order valence-corrected chi connectivity index (χ3v) is 7.38. The first-order valence-corrected chi connectivity index (χ1v) is 10.9. The zero-order chi connectivity index (χ0) is 21.3. The molecule has 6 nitrogen and oxygen atoms in total. The van der Waals surface area contributed by atoms with Crippen molar-refractivity contribution in [2.75, 3.05) is 19.6 Å². The molecule has 3 atom stereocenters. The summed E-state index contributed by atoms with van der Waals surface area (Å²) in [5, 5.41) is 3.46. The molecule has 3 aliphatic rings. The molecule has 5 rings (SSSR count). The Morgan fingerprint density at radius 2 is 2.00 bits per heavy atom. The van der Waals surface area contributed by atoms with Gasteiger partial charge in [-0.15, -0.1) is 0 Å². The number of imide groups is 1. The highest BCUT2D eigenvalue weighted by atomic mass is 16.6. The summed E-state index contributed by atoms with van der Waals surface area (Å²) in [7, 11) is 0. The Bertz CT molecular complexity index is 1060. The van der Waals surface area contributed by atoms with E-state index in [1.807, 2.05) is 0 Å². The predicted molar refractivity (Wildman–Crippen MR) is 114 cm³/mol. The topological polar surface area (TPSA) is 74.8 Å². The summed E-state index contributed by atoms with van der Waals surface area (Å²) in [5.41, 5.74) is 2.40. The van der Waals surface area contributed by atoms with Crippen LogP contribution in [0.1, 0.15) is 57.6 Å². The first-order valence-electron chi connectivity index (χ1n) is 10.9. The summed E-state index contributed by atoms with van der Waals surface area (Å²) in [5.74, 6) is -0.751. The Morgan fingerprint density at radius 3 is 2.70 bits per heavy atom. The van der Waals surface area contributed by atoms with Gasteiger partial charge < -0.3 is 4.74 Å². The zero-order valence-electron chi connectivity index (χ0n) is 18.1. The van der Waals surface area contributed by atoms with E-state index >= 15 is 0 Å². The smallest absolute Gasteiger partial charge is 0.234 e. The molecule has 1 aromatic heterocycles. The van der Waals surface area contributed by atoms with Crippen LogP contribution in [0.5, 0.6) is 0 Å². The van der Waals surface area contributed by atoms with Gasteiger partial charge in [-0.2, -0.15) is 0 Å². The van der Waals surface area contributed by atoms with Crippen molar-refractivity contribution in [2.24, 2.45) is 5.41 Å². The van der Waals surface area contributed by atoms with Crippen molar-refractivity contribution >= 4 is 22.7 Å². The number of likely N-dealkylation sites (N-methyl/N-ethyl adjacent to an activating group) is 1. The maximum absolute atomic E-state index is 12.3. The molecule has 1 N–H and O–H groups in total. The van der Waals surface area contributed by atoms with Crippen molar-refractivity contribution in [3.8, 4) is 0 Å². The van der Waals surface area contributed by atoms with Gasteiger partial charge in [-0.05, 0) is 49.2 Å². The van der Waals surface area contributed by atoms with E-state index in [4.69, 9.17) is 4.74 Å². The molecule has 3 unspecified atom stereocenters. The molecule has 3 saturated heterocycles. The van der Waals surface area contributed by atoms with Crippen LogP contribution in [0.2, 0.25) is 0 Å². The monoisotopic (exact) mass is 407 g/mol. The molecule has 30 heavy (non-hydrogen) atoms. The van der Waals surface area contributed by atoms with Crippen LogP contribution in [-0.4, -0.2) is 46.9 Å². The van der Waals surface area contributed by atoms with Crippen molar-refractivity contribution in [1.29, 1.82) is 0 Å². The Morgan fingerprint density at radius 1 is 1.20 bits per heavy atom. The van der Waals surface area contributed by atoms with Crippen LogP contribution >= 0.6 is 0 Å². The van der Waals surface area contributed by atoms with E-state index in [2.05, 4.69) is 67.2 Å². The van der Waals surface area contributed by atoms with E-state index in [0.29, 0.717) is 12.8 Å². The summed E-state index contributed by atoms with van der Waals surface area (Å²) in [4.78, 5) is 30.9. The summed E-state index contributed by atoms with van der Waals surface area (Å²) < 4.78 is 6.55. The molecule has 3 fully saturated rings. The van der Waals surface area contributed by atoms with Crippen molar-refractivity contribution in [2.45, 2.75) is 57.7 Å². The number of hydrogen-bond acceptors (Lipinski definition) is 5. The summed E-state index contributed by atoms with van der Waals surface area (Å²) in [6.07, 6.45) is 2.66. The van der Waals surface area contributed by atoms with Gasteiger partial charge >= 0.3 is 0 Å². The fraction of sp³-hybridized carbons (Fsp3) is 0.542. The number of fused-ring (bicyclic) bond motifs is 2. The molecular formula is C24H29N3O3. The van der Waals surface area contributed by atoms with Gasteiger partial charge in [-0.1, -0.05) is 26.8 Å². The van der Waals surface area contributed by atoms with Crippen LogP contribution < -0.4 is 5.32 Å². The van der Waals surface area contributed by atoms with Crippen molar-refractivity contribution in [3.05, 3.63) is 41.6 Å². The number of epoxide rings is 1. The molecule has 6 heteroatoms. The summed E-state index contributed by atoms with van der Waals surface area (Å²) >= 11 is 0. The fourth-order valence-electron chi connectivity index (χ4n) is 6.01. The number of aromatic nitrogens is 1. The molecular weight excluding hydrogens is 378 g/mol. The number of nitrogens with one attached hydrogen (secondary N) is 1. The van der Waals surface area contributed by atoms with Crippen LogP contribution in [0.4, 0.5) is 0 Å². The Balaban J connectivity index is 1.54. The molecule has 2 amide bonds. The van der Waals surface area contributed by atoms with Crippen LogP contribution in [0.25, 0.3) is 10.9 Å². The third kappa shape index (κ3) is 2.66. The van der Waals surface area contributed by atoms with Gasteiger partial charge in [0.25, 0.3) is 0 Å². The number of pyridine rings is 1. The molecule has 0 spiro atoms. The normalized spacial score (nSPS) is 33.3. The average molecular weight is 408 g/mol. The SMILES string of the molecule is CCN1CC(C)(C)C2(c3ccc4ncc(C5CCC(=O)NC5=O)cc4c3)OC2(C)C1. The first-order chi connectivity index (χ1) is 14.2. The molecule has 0 bridgehead atoms. The van der Waals surface area contributed by atoms with Crippen molar-refractivity contribution < 1.29 is 14.3 Å². The minimum Gasteiger partial charge on any atom is -0.356 e. The van der Waals surface area contributed by atoms with Crippen LogP contribution in [0, 0.1) is 5.41 Å². The maximum Gasteiger partial charge on any atom is 0.234 e. The minimum atomic E-state index is -0.326. The number of nitrogens with zero attached hydrogens (tertiary/aromatic N) is 2. The van der Waals surface area contributed by atoms with Crippen LogP contribution in [0.15, 0.2) is 30.5 Å². The second kappa shape index (κ2) is 6.34. The number of rotatable bonds is 3. The van der Waals surface area contributed by atoms with E-state index in [9.17, 15) is 9.59 Å². The number of likely N-dealkylation sites (tertiary alicyclic amines) is 1. The summed E-state index contributed by atoms with van der Waals surface area (Å²) in [6, 6.07) is 8.44. The molecule has 158 valence electrons. The zero-order valence-corrected chi connectivity index (χ0v) is 18.1. The van der Waals surface area contributed by atoms with Gasteiger partial charge in [0.1, 0.15) is 11.2 Å². The third-order valence-electron chi connectivity index (χ3n) is 7.38. The lowest BCUT2D eigenvalue weighted by molar-refractivity contribution is -0.134. The summed E-state index contributed by atoms with van der Waals surface area (Å²) in [6.45, 7) is 12.0. The molecule has 0 radical (unpaired) electrons. The van der Waals surface area contributed by atoms with Crippen molar-refractivity contribution in [3.63, 3.8) is 0 Å². The second-order valence-electron chi connectivity index (χ2n) is 9.88. The van der Waals surface area contributed by atoms with E-state index in [1.165, 1.54) is 5.56 Å². The van der Waals surface area contributed by atoms with Gasteiger partial charge in [-0.3, -0.25) is 24.8 Å². The predicted octanol–water partition coefficient (Wildman–Crippen LogP) is 3.10. The lowest BCUT2D eigenvalue weighted by atomic mass is 9.65. The van der Waals surface area contributed by atoms with Crippen LogP contribution in [0.3, 0.4) is 0 Å². The number of hydrogen-bond donors (Lipinski definition) is 1. The average Bonchev–Trinajstić information content (AvgIpc) is 3.35. The minimum absolute atomic E-state index is 0.0294. The number of carbonyl (C=O) groups is 2. The van der Waals surface area contributed by atoms with Gasteiger partial charge in [-0.25, -0.2) is 0 Å². The molecule has 2 aromatic rings. The quantitative estimate of drug-likeness (QED) is 0.625. The van der Waals surface area contributed by atoms with E-state index in [-0.39, 0.29) is 34.3 Å². The van der Waals surface area contributed by atoms with Gasteiger partial charge in [0.2, 0.25) is 11.8 Å². The highest BCUT2D eigenvalue weighted by molar-refractivity contribution is 6.01. The van der Waals surface area contributed by atoms with E-state index in [1.54, 1.807) is 6.20 Å². The maximum atomic E-state index is 12.3. The number of amides is 2. The first kappa shape index (κ1) is 19.6. The Hall–Kier alpha value is -2.31. The molecule has 0 saturated carbocycles. The van der Waals surface area contributed by atoms with Crippen LogP contribution in [-0.2, 0) is 19.9 Å². The molecule has 4 heterocycles. The number of carbonyl (C=O) groups excluding carboxylic acids is 2. The van der Waals surface area contributed by atoms with Gasteiger partial charge in [0.15, 0.2) is 0 Å². The molecule has 0 aliphatic carbocycles. The Labute approximate surface area is 177 Å². The molecule has 3 aliphatic heterocycles. The second-order valence-corrected chi connectivity index (χ2v) is 9.88. The highest BCUT2D eigenvalue weighted by Gasteiger charge is 2.76. The van der Waals surface area contributed by atoms with Crippen molar-refractivity contribution in [1.82, 2.24) is 15.2 Å². The number of benzene rings is 1. The lowest BCUT2D eigenvalue weighted by Gasteiger charge is -2.44. The van der Waals surface area contributed by atoms with Gasteiger partial charge in [0, 0.05) is 36.5 Å². The van der Waals surface area contributed by atoms with Gasteiger partial charge in [0.05, 0.1) is 11.4 Å². The molecule has 1 aromatic carbocycles. The highest BCUT2D eigenvalue weighted by Crippen LogP contribution is 2.67. The van der Waals surface area contributed by atoms with E-state index in [0.717, 1.165) is 36.1 Å². The van der Waals surface area contributed by atoms with E-state index < -0.39 is 0 Å². The number of ether oxygens (including phenoxy) is 1. The lowest BCUT2D eigenvalue weighted by Crippen LogP contribution is -2.54. The fourth-order valence-corrected chi connectivity index (χ4v) is 6.01. The number of piperidine rings is 2.